The molecule has 0 aliphatic carbocycles. The molecule has 0 spiro atoms. The van der Waals surface area contributed by atoms with Crippen LogP contribution >= 0.6 is 0 Å². The van der Waals surface area contributed by atoms with Crippen LogP contribution in [0.3, 0.4) is 0 Å². The number of aromatic hydroxyl groups is 1. The number of aliphatic imine (C=N–C) groups is 1. The fourth-order valence-electron chi connectivity index (χ4n) is 6.96. The summed E-state index contributed by atoms with van der Waals surface area (Å²) in [5.74, 6) is -15.1. The minimum absolute atomic E-state index is 0.0438. The Kier molecular flexibility index (Phi) is 27.7. The van der Waals surface area contributed by atoms with Crippen molar-refractivity contribution in [3.8, 4) is 5.75 Å². The third-order valence-electron chi connectivity index (χ3n) is 11.5. The summed E-state index contributed by atoms with van der Waals surface area (Å²) in [5, 5.41) is 67.8. The van der Waals surface area contributed by atoms with Crippen LogP contribution in [0.5, 0.6) is 5.75 Å². The highest BCUT2D eigenvalue weighted by molar-refractivity contribution is 5.99. The number of hydrogen-bond donors (Lipinski definition) is 17. The fraction of sp³-hybridized carbons (Fsp3) is 0.609. The van der Waals surface area contributed by atoms with Crippen LogP contribution in [0.25, 0.3) is 0 Å². The number of nitrogens with two attached hydrogens (primary N) is 4. The van der Waals surface area contributed by atoms with E-state index in [4.69, 9.17) is 22.9 Å². The zero-order valence-electron chi connectivity index (χ0n) is 43.0. The molecule has 420 valence electrons. The maximum atomic E-state index is 14.3. The molecule has 1 aromatic carbocycles. The second-order valence-electron chi connectivity index (χ2n) is 18.5. The molecule has 0 aliphatic heterocycles. The van der Waals surface area contributed by atoms with Crippen LogP contribution < -0.4 is 65.5 Å². The van der Waals surface area contributed by atoms with Gasteiger partial charge in [0.15, 0.2) is 5.96 Å². The monoisotopic (exact) mass is 1070 g/mol. The number of phenols is 1. The second-order valence-corrected chi connectivity index (χ2v) is 18.5. The third-order valence-corrected chi connectivity index (χ3v) is 11.5. The van der Waals surface area contributed by atoms with Crippen LogP contribution in [-0.2, 0) is 59.2 Å². The van der Waals surface area contributed by atoms with E-state index >= 15 is 0 Å². The number of aliphatic carboxylic acids is 2. The molecule has 11 atom stereocenters. The Morgan fingerprint density at radius 2 is 1.00 bits per heavy atom. The Balaban J connectivity index is 3.54. The third kappa shape index (κ3) is 23.0. The topological polar surface area (TPSA) is 502 Å². The predicted molar refractivity (Wildman–Crippen MR) is 267 cm³/mol. The first-order chi connectivity index (χ1) is 34.9. The van der Waals surface area contributed by atoms with Gasteiger partial charge in [-0.25, -0.2) is 4.79 Å². The van der Waals surface area contributed by atoms with E-state index in [1.807, 2.05) is 0 Å². The van der Waals surface area contributed by atoms with Gasteiger partial charge in [0.25, 0.3) is 0 Å². The first kappa shape index (κ1) is 65.4. The van der Waals surface area contributed by atoms with E-state index in [1.54, 1.807) is 13.8 Å². The highest BCUT2D eigenvalue weighted by Crippen LogP contribution is 2.15. The number of nitrogens with one attached hydrogen (secondary N) is 8. The van der Waals surface area contributed by atoms with E-state index in [2.05, 4.69) is 47.5 Å². The van der Waals surface area contributed by atoms with Crippen LogP contribution in [0.1, 0.15) is 86.1 Å². The maximum absolute atomic E-state index is 14.3. The smallest absolute Gasteiger partial charge is 0.326 e. The standard InChI is InChI=1S/C46H75N13O16/c1-8-22(6)35(43(72)59-36(23(7)61)44(73)52-27(45(74)75)10-9-15-51-46(49)50)58-39(68)28(16-24-11-13-25(62)14-12-24)54-38(67)29(17-31(48)63)55-41(70)33(20(2)3)57-42(71)34(21(4)5)56-40(69)30(18-32(64)65)53-37(66)26(47)19-60/h11-14,20-23,26-30,33-36,60-62H,8-10,15-19,47H2,1-7H3,(H2,48,63)(H,52,73)(H,53,66)(H,54,67)(H,55,70)(H,56,69)(H,57,71)(H,58,68)(H,59,72)(H,64,65)(H,74,75)(H4,49,50,51)/t22-,23+,26-,27-,28-,29-,30-,33-,34-,35-,36-/m0/s1. The number of guanidine groups is 1. The van der Waals surface area contributed by atoms with E-state index in [0.29, 0.717) is 5.56 Å². The summed E-state index contributed by atoms with van der Waals surface area (Å²) in [6.07, 6.45) is -3.49. The Labute approximate surface area is 432 Å². The molecule has 0 bridgehead atoms. The van der Waals surface area contributed by atoms with Crippen LogP contribution in [0, 0.1) is 17.8 Å². The van der Waals surface area contributed by atoms with Gasteiger partial charge in [-0.2, -0.15) is 0 Å². The minimum atomic E-state index is -1.82. The number of carbonyl (C=O) groups excluding carboxylic acids is 9. The van der Waals surface area contributed by atoms with Gasteiger partial charge in [0, 0.05) is 13.0 Å². The zero-order valence-corrected chi connectivity index (χ0v) is 43.0. The summed E-state index contributed by atoms with van der Waals surface area (Å²) in [6.45, 7) is 9.63. The van der Waals surface area contributed by atoms with Gasteiger partial charge >= 0.3 is 11.9 Å². The number of amides is 9. The highest BCUT2D eigenvalue weighted by atomic mass is 16.4. The lowest BCUT2D eigenvalue weighted by Gasteiger charge is -2.30. The first-order valence-corrected chi connectivity index (χ1v) is 24.0. The Morgan fingerprint density at radius 1 is 0.573 bits per heavy atom. The molecule has 1 rings (SSSR count). The molecule has 0 aliphatic rings. The number of phenolic OH excluding ortho intramolecular Hbond substituents is 1. The molecule has 9 amide bonds. The number of aliphatic hydroxyl groups is 2. The molecule has 0 fully saturated rings. The number of carbonyl (C=O) groups is 11. The molecular weight excluding hydrogens is 991 g/mol. The Bertz CT molecular complexity index is 2190. The van der Waals surface area contributed by atoms with Crippen molar-refractivity contribution in [3.63, 3.8) is 0 Å². The van der Waals surface area contributed by atoms with Gasteiger partial charge in [0.2, 0.25) is 53.2 Å². The number of primary amides is 1. The van der Waals surface area contributed by atoms with Crippen molar-refractivity contribution in [2.75, 3.05) is 13.2 Å². The van der Waals surface area contributed by atoms with Gasteiger partial charge in [-0.15, -0.1) is 0 Å². The lowest BCUT2D eigenvalue weighted by molar-refractivity contribution is -0.143. The van der Waals surface area contributed by atoms with Gasteiger partial charge in [-0.1, -0.05) is 60.1 Å². The molecule has 29 nitrogen and oxygen atoms in total. The van der Waals surface area contributed by atoms with Crippen LogP contribution in [0.15, 0.2) is 29.3 Å². The van der Waals surface area contributed by atoms with Gasteiger partial charge < -0.3 is 91.0 Å². The van der Waals surface area contributed by atoms with Crippen molar-refractivity contribution in [2.24, 2.45) is 45.7 Å². The molecule has 75 heavy (non-hydrogen) atoms. The van der Waals surface area contributed by atoms with Crippen molar-refractivity contribution in [1.82, 2.24) is 42.5 Å². The number of nitrogens with zero attached hydrogens (tertiary/aromatic N) is 1. The van der Waals surface area contributed by atoms with E-state index in [9.17, 15) is 78.3 Å². The quantitative estimate of drug-likeness (QED) is 0.0177. The van der Waals surface area contributed by atoms with Gasteiger partial charge in [-0.3, -0.25) is 52.9 Å². The molecule has 0 unspecified atom stereocenters. The number of hydrogen-bond acceptors (Lipinski definition) is 16. The van der Waals surface area contributed by atoms with Gasteiger partial charge in [0.05, 0.1) is 25.6 Å². The fourth-order valence-corrected chi connectivity index (χ4v) is 6.96. The number of carboxylic acid groups (broad SMARTS) is 2. The van der Waals surface area contributed by atoms with E-state index in [1.165, 1.54) is 52.0 Å². The zero-order chi connectivity index (χ0) is 57.4. The molecular formula is C46H75N13O16. The lowest BCUT2D eigenvalue weighted by Crippen LogP contribution is -2.63. The second kappa shape index (κ2) is 31.8. The van der Waals surface area contributed by atoms with Gasteiger partial charge in [-0.05, 0) is 55.2 Å². The van der Waals surface area contributed by atoms with Crippen LogP contribution in [-0.4, -0.2) is 170 Å². The van der Waals surface area contributed by atoms with Crippen LogP contribution in [0.4, 0.5) is 0 Å². The summed E-state index contributed by atoms with van der Waals surface area (Å²) in [7, 11) is 0. The van der Waals surface area contributed by atoms with Crippen molar-refractivity contribution >= 4 is 71.1 Å². The summed E-state index contributed by atoms with van der Waals surface area (Å²) < 4.78 is 0. The summed E-state index contributed by atoms with van der Waals surface area (Å²) >= 11 is 0. The van der Waals surface area contributed by atoms with Gasteiger partial charge in [0.1, 0.15) is 60.1 Å². The van der Waals surface area contributed by atoms with E-state index in [-0.39, 0.29) is 43.9 Å². The summed E-state index contributed by atoms with van der Waals surface area (Å²) in [4.78, 5) is 149. The average Bonchev–Trinajstić information content (AvgIpc) is 3.32. The average molecular weight is 1070 g/mol. The summed E-state index contributed by atoms with van der Waals surface area (Å²) in [5.41, 5.74) is 21.9. The minimum Gasteiger partial charge on any atom is -0.508 e. The SMILES string of the molecule is CC[C@H](C)[C@H](NC(=O)[C@H](Cc1ccc(O)cc1)NC(=O)[C@H](CC(N)=O)NC(=O)[C@@H](NC(=O)[C@@H](NC(=O)[C@H](CC(=O)O)NC(=O)[C@@H](N)CO)C(C)C)C(C)C)C(=O)N[C@H](C(=O)N[C@@H](CCCN=C(N)N)C(=O)O)[C@@H](C)O. The number of aliphatic hydroxyl groups excluding tert-OH is 2. The Morgan fingerprint density at radius 3 is 1.48 bits per heavy atom. The maximum Gasteiger partial charge on any atom is 0.326 e. The number of carboxylic acids is 2. The van der Waals surface area contributed by atoms with Crippen LogP contribution in [0.2, 0.25) is 0 Å². The van der Waals surface area contributed by atoms with E-state index < -0.39 is 163 Å². The predicted octanol–water partition coefficient (Wildman–Crippen LogP) is -5.64. The molecule has 29 heteroatoms. The van der Waals surface area contributed by atoms with Crippen molar-refractivity contribution < 1.29 is 78.3 Å². The largest absolute Gasteiger partial charge is 0.508 e. The Hall–Kier alpha value is -7.66. The molecule has 0 saturated carbocycles. The molecule has 21 N–H and O–H groups in total. The molecule has 0 saturated heterocycles. The lowest BCUT2D eigenvalue weighted by atomic mass is 9.96. The number of rotatable bonds is 33. The molecule has 0 radical (unpaired) electrons. The molecule has 0 heterocycles. The normalized spacial score (nSPS) is 15.5. The van der Waals surface area contributed by atoms with Crippen molar-refractivity contribution in [3.05, 3.63) is 29.8 Å². The number of benzene rings is 1. The van der Waals surface area contributed by atoms with Crippen molar-refractivity contribution in [1.29, 1.82) is 0 Å². The first-order valence-electron chi connectivity index (χ1n) is 24.0. The molecule has 1 aromatic rings. The highest BCUT2D eigenvalue weighted by Gasteiger charge is 2.38. The van der Waals surface area contributed by atoms with E-state index in [0.717, 1.165) is 6.92 Å². The summed E-state index contributed by atoms with van der Waals surface area (Å²) in [6, 6.07) is -8.96. The molecule has 0 aromatic heterocycles. The van der Waals surface area contributed by atoms with Crippen molar-refractivity contribution in [2.45, 2.75) is 147 Å².